The highest BCUT2D eigenvalue weighted by Crippen LogP contribution is 2.22. The maximum Gasteiger partial charge on any atom is 0.127 e. The Bertz CT molecular complexity index is 540. The smallest absolute Gasteiger partial charge is 0.127 e. The molecule has 0 unspecified atom stereocenters. The first-order valence-electron chi connectivity index (χ1n) is 6.32. The average Bonchev–Trinajstić information content (AvgIpc) is 3.08. The van der Waals surface area contributed by atoms with Gasteiger partial charge < -0.3 is 10.1 Å². The van der Waals surface area contributed by atoms with Gasteiger partial charge in [0, 0.05) is 24.8 Å². The van der Waals surface area contributed by atoms with Gasteiger partial charge in [0.1, 0.15) is 18.2 Å². The van der Waals surface area contributed by atoms with Gasteiger partial charge in [0.05, 0.1) is 10.4 Å². The van der Waals surface area contributed by atoms with Crippen molar-refractivity contribution in [3.63, 3.8) is 0 Å². The van der Waals surface area contributed by atoms with Crippen LogP contribution in [0.2, 0.25) is 0 Å². The fourth-order valence-corrected chi connectivity index (χ4v) is 2.33. The van der Waals surface area contributed by atoms with Crippen LogP contribution in [-0.4, -0.2) is 11.0 Å². The molecule has 0 spiro atoms. The summed E-state index contributed by atoms with van der Waals surface area (Å²) >= 11 is 1.53. The van der Waals surface area contributed by atoms with Crippen LogP contribution in [0.4, 0.5) is 4.39 Å². The van der Waals surface area contributed by atoms with Gasteiger partial charge in [0.25, 0.3) is 0 Å². The second-order valence-corrected chi connectivity index (χ2v) is 5.68. The fraction of sp³-hybridized carbons (Fsp3) is 0.357. The molecule has 1 aliphatic carbocycles. The minimum Gasteiger partial charge on any atom is -0.488 e. The van der Waals surface area contributed by atoms with Crippen LogP contribution in [0.5, 0.6) is 5.75 Å². The molecule has 1 N–H and O–H groups in total. The van der Waals surface area contributed by atoms with Crippen molar-refractivity contribution < 1.29 is 9.13 Å². The molecule has 2 aromatic rings. The van der Waals surface area contributed by atoms with Gasteiger partial charge in [-0.25, -0.2) is 4.39 Å². The standard InChI is InChI=1S/C14H15FN2OS/c15-11-3-10(6-17-12-1-2-12)4-13(5-11)18-8-14-7-16-9-19-14/h3-5,7,9,12,17H,1-2,6,8H2. The molecule has 5 heteroatoms. The van der Waals surface area contributed by atoms with Crippen LogP contribution in [0.15, 0.2) is 29.9 Å². The van der Waals surface area contributed by atoms with E-state index in [-0.39, 0.29) is 5.82 Å². The molecule has 100 valence electrons. The molecule has 1 aromatic carbocycles. The zero-order valence-electron chi connectivity index (χ0n) is 10.4. The summed E-state index contributed by atoms with van der Waals surface area (Å²) in [5.41, 5.74) is 2.68. The molecule has 1 aliphatic rings. The van der Waals surface area contributed by atoms with Gasteiger partial charge in [-0.2, -0.15) is 0 Å². The van der Waals surface area contributed by atoms with E-state index in [4.69, 9.17) is 4.74 Å². The molecule has 1 aromatic heterocycles. The van der Waals surface area contributed by atoms with Gasteiger partial charge in [-0.3, -0.25) is 4.98 Å². The van der Waals surface area contributed by atoms with Gasteiger partial charge >= 0.3 is 0 Å². The normalized spacial score (nSPS) is 14.6. The molecule has 0 aliphatic heterocycles. The number of rotatable bonds is 6. The van der Waals surface area contributed by atoms with E-state index in [1.54, 1.807) is 17.8 Å². The molecule has 0 radical (unpaired) electrons. The molecular weight excluding hydrogens is 263 g/mol. The molecule has 19 heavy (non-hydrogen) atoms. The lowest BCUT2D eigenvalue weighted by atomic mass is 10.2. The molecule has 3 rings (SSSR count). The quantitative estimate of drug-likeness (QED) is 0.881. The van der Waals surface area contributed by atoms with E-state index in [2.05, 4.69) is 10.3 Å². The highest BCUT2D eigenvalue weighted by Gasteiger charge is 2.20. The van der Waals surface area contributed by atoms with Crippen LogP contribution in [0, 0.1) is 5.82 Å². The van der Waals surface area contributed by atoms with Gasteiger partial charge in [-0.15, -0.1) is 11.3 Å². The van der Waals surface area contributed by atoms with Crippen LogP contribution in [0.3, 0.4) is 0 Å². The molecule has 0 atom stereocenters. The van der Waals surface area contributed by atoms with Crippen molar-refractivity contribution in [1.29, 1.82) is 0 Å². The highest BCUT2D eigenvalue weighted by atomic mass is 32.1. The Morgan fingerprint density at radius 2 is 2.26 bits per heavy atom. The Labute approximate surface area is 115 Å². The lowest BCUT2D eigenvalue weighted by molar-refractivity contribution is 0.307. The van der Waals surface area contributed by atoms with Gasteiger partial charge in [0.2, 0.25) is 0 Å². The lowest BCUT2D eigenvalue weighted by Crippen LogP contribution is -2.15. The second kappa shape index (κ2) is 5.67. The molecule has 1 saturated carbocycles. The summed E-state index contributed by atoms with van der Waals surface area (Å²) in [6.07, 6.45) is 4.22. The van der Waals surface area contributed by atoms with E-state index >= 15 is 0 Å². The Morgan fingerprint density at radius 3 is 3.00 bits per heavy atom. The summed E-state index contributed by atoms with van der Waals surface area (Å²) in [6.45, 7) is 1.13. The maximum atomic E-state index is 13.5. The first-order valence-corrected chi connectivity index (χ1v) is 7.20. The van der Waals surface area contributed by atoms with E-state index in [0.29, 0.717) is 24.9 Å². The first kappa shape index (κ1) is 12.6. The number of aromatic nitrogens is 1. The van der Waals surface area contributed by atoms with E-state index in [0.717, 1.165) is 10.4 Å². The molecule has 3 nitrogen and oxygen atoms in total. The van der Waals surface area contributed by atoms with Crippen molar-refractivity contribution in [2.45, 2.75) is 32.0 Å². The second-order valence-electron chi connectivity index (χ2n) is 4.71. The van der Waals surface area contributed by atoms with E-state index < -0.39 is 0 Å². The Kier molecular flexibility index (Phi) is 3.75. The topological polar surface area (TPSA) is 34.1 Å². The zero-order valence-corrected chi connectivity index (χ0v) is 11.3. The van der Waals surface area contributed by atoms with E-state index in [9.17, 15) is 4.39 Å². The Morgan fingerprint density at radius 1 is 1.37 bits per heavy atom. The van der Waals surface area contributed by atoms with Crippen LogP contribution < -0.4 is 10.1 Å². The summed E-state index contributed by atoms with van der Waals surface area (Å²) in [4.78, 5) is 5.01. The van der Waals surface area contributed by atoms with Crippen molar-refractivity contribution >= 4 is 11.3 Å². The summed E-state index contributed by atoms with van der Waals surface area (Å²) in [6, 6.07) is 5.47. The molecular formula is C14H15FN2OS. The average molecular weight is 278 g/mol. The molecule has 0 bridgehead atoms. The molecule has 0 amide bonds. The minimum absolute atomic E-state index is 0.255. The van der Waals surface area contributed by atoms with Crippen LogP contribution in [0.1, 0.15) is 23.3 Å². The molecule has 1 heterocycles. The number of thiazole rings is 1. The van der Waals surface area contributed by atoms with Gasteiger partial charge in [-0.05, 0) is 30.5 Å². The largest absolute Gasteiger partial charge is 0.488 e. The number of ether oxygens (including phenoxy) is 1. The maximum absolute atomic E-state index is 13.5. The zero-order chi connectivity index (χ0) is 13.1. The van der Waals surface area contributed by atoms with Crippen LogP contribution in [0.25, 0.3) is 0 Å². The first-order chi connectivity index (χ1) is 9.29. The number of halogens is 1. The van der Waals surface area contributed by atoms with Crippen molar-refractivity contribution in [2.24, 2.45) is 0 Å². The van der Waals surface area contributed by atoms with Gasteiger partial charge in [0.15, 0.2) is 0 Å². The molecule has 1 fully saturated rings. The van der Waals surface area contributed by atoms with Crippen LogP contribution in [-0.2, 0) is 13.2 Å². The van der Waals surface area contributed by atoms with Gasteiger partial charge in [-0.1, -0.05) is 0 Å². The number of hydrogen-bond acceptors (Lipinski definition) is 4. The third-order valence-corrected chi connectivity index (χ3v) is 3.72. The SMILES string of the molecule is Fc1cc(CNC2CC2)cc(OCc2cncs2)c1. The van der Waals surface area contributed by atoms with Crippen molar-refractivity contribution in [1.82, 2.24) is 10.3 Å². The van der Waals surface area contributed by atoms with Crippen molar-refractivity contribution in [3.8, 4) is 5.75 Å². The third kappa shape index (κ3) is 3.75. The van der Waals surface area contributed by atoms with Crippen LogP contribution >= 0.6 is 11.3 Å². The summed E-state index contributed by atoms with van der Waals surface area (Å²) in [5, 5.41) is 3.37. The number of hydrogen-bond donors (Lipinski definition) is 1. The Hall–Kier alpha value is -1.46. The summed E-state index contributed by atoms with van der Waals surface area (Å²) in [5.74, 6) is 0.315. The minimum atomic E-state index is -0.255. The number of nitrogens with one attached hydrogen (secondary N) is 1. The van der Waals surface area contributed by atoms with Crippen molar-refractivity contribution in [2.75, 3.05) is 0 Å². The fourth-order valence-electron chi connectivity index (χ4n) is 1.82. The summed E-state index contributed by atoms with van der Waals surface area (Å²) < 4.78 is 19.1. The number of nitrogens with zero attached hydrogens (tertiary/aromatic N) is 1. The monoisotopic (exact) mass is 278 g/mol. The van der Waals surface area contributed by atoms with E-state index in [1.807, 2.05) is 6.07 Å². The predicted molar refractivity (Wildman–Crippen MR) is 72.7 cm³/mol. The third-order valence-electron chi connectivity index (χ3n) is 2.97. The predicted octanol–water partition coefficient (Wildman–Crippen LogP) is 3.11. The summed E-state index contributed by atoms with van der Waals surface area (Å²) in [7, 11) is 0. The number of benzene rings is 1. The Balaban J connectivity index is 1.62. The highest BCUT2D eigenvalue weighted by molar-refractivity contribution is 7.09. The lowest BCUT2D eigenvalue weighted by Gasteiger charge is -2.08. The van der Waals surface area contributed by atoms with Crippen molar-refractivity contribution in [3.05, 3.63) is 46.2 Å². The van der Waals surface area contributed by atoms with E-state index in [1.165, 1.54) is 30.2 Å². The molecule has 0 saturated heterocycles.